The monoisotopic (exact) mass is 297 g/mol. The van der Waals surface area contributed by atoms with Gasteiger partial charge in [0.15, 0.2) is 0 Å². The number of benzene rings is 1. The molecular weight excluding hydrogens is 277 g/mol. The zero-order chi connectivity index (χ0) is 13.5. The molecule has 0 aromatic heterocycles. The molecule has 2 saturated carbocycles. The summed E-state index contributed by atoms with van der Waals surface area (Å²) in [5.41, 5.74) is 7.69. The van der Waals surface area contributed by atoms with Crippen LogP contribution in [0.5, 0.6) is 0 Å². The average Bonchev–Trinajstić information content (AvgIpc) is 3.18. The Labute approximate surface area is 125 Å². The summed E-state index contributed by atoms with van der Waals surface area (Å²) in [6, 6.07) is 5.69. The van der Waals surface area contributed by atoms with Crippen molar-refractivity contribution in [3.63, 3.8) is 0 Å². The molecule has 2 N–H and O–H groups in total. The van der Waals surface area contributed by atoms with E-state index < -0.39 is 0 Å². The molecule has 0 saturated heterocycles. The van der Waals surface area contributed by atoms with Gasteiger partial charge in [-0.3, -0.25) is 0 Å². The van der Waals surface area contributed by atoms with Crippen LogP contribution in [0.2, 0.25) is 10.0 Å². The molecule has 19 heavy (non-hydrogen) atoms. The Hall–Kier alpha value is -0.240. The lowest BCUT2D eigenvalue weighted by Crippen LogP contribution is -2.46. The minimum atomic E-state index is -0.0835. The van der Waals surface area contributed by atoms with E-state index in [0.29, 0.717) is 0 Å². The largest absolute Gasteiger partial charge is 0.325 e. The van der Waals surface area contributed by atoms with Gasteiger partial charge in [-0.1, -0.05) is 36.0 Å². The summed E-state index contributed by atoms with van der Waals surface area (Å²) in [7, 11) is 0. The molecule has 104 valence electrons. The fraction of sp³-hybridized carbons (Fsp3) is 0.625. The zero-order valence-corrected chi connectivity index (χ0v) is 12.7. The van der Waals surface area contributed by atoms with E-state index in [0.717, 1.165) is 46.7 Å². The highest BCUT2D eigenvalue weighted by Gasteiger charge is 2.40. The van der Waals surface area contributed by atoms with Gasteiger partial charge in [-0.25, -0.2) is 0 Å². The van der Waals surface area contributed by atoms with Crippen LogP contribution in [0, 0.1) is 11.8 Å². The van der Waals surface area contributed by atoms with Gasteiger partial charge < -0.3 is 5.73 Å². The van der Waals surface area contributed by atoms with E-state index in [1.54, 1.807) is 0 Å². The second-order valence-corrected chi connectivity index (χ2v) is 7.31. The Morgan fingerprint density at radius 2 is 1.95 bits per heavy atom. The number of nitrogens with two attached hydrogens (primary N) is 1. The number of hydrogen-bond donors (Lipinski definition) is 1. The highest BCUT2D eigenvalue weighted by atomic mass is 35.5. The summed E-state index contributed by atoms with van der Waals surface area (Å²) in [6.07, 6.45) is 8.58. The van der Waals surface area contributed by atoms with E-state index in [1.807, 2.05) is 18.2 Å². The van der Waals surface area contributed by atoms with Crippen molar-refractivity contribution in [2.75, 3.05) is 0 Å². The Balaban J connectivity index is 1.74. The van der Waals surface area contributed by atoms with Crippen molar-refractivity contribution in [2.45, 2.75) is 50.5 Å². The van der Waals surface area contributed by atoms with Gasteiger partial charge >= 0.3 is 0 Å². The fourth-order valence-electron chi connectivity index (χ4n) is 3.63. The summed E-state index contributed by atoms with van der Waals surface area (Å²) in [6.45, 7) is 0. The summed E-state index contributed by atoms with van der Waals surface area (Å²) >= 11 is 12.3. The first-order chi connectivity index (χ1) is 9.06. The van der Waals surface area contributed by atoms with E-state index in [4.69, 9.17) is 28.9 Å². The SMILES string of the molecule is NC1(Cc2cc(Cl)ccc2Cl)CCCC(C2CC2)C1. The summed E-state index contributed by atoms with van der Waals surface area (Å²) in [5, 5.41) is 1.54. The number of hydrogen-bond acceptors (Lipinski definition) is 1. The molecule has 0 bridgehead atoms. The van der Waals surface area contributed by atoms with Gasteiger partial charge in [0, 0.05) is 15.6 Å². The lowest BCUT2D eigenvalue weighted by Gasteiger charge is -2.38. The number of rotatable bonds is 3. The van der Waals surface area contributed by atoms with E-state index in [2.05, 4.69) is 0 Å². The Kier molecular flexibility index (Phi) is 3.81. The van der Waals surface area contributed by atoms with Crippen molar-refractivity contribution in [3.05, 3.63) is 33.8 Å². The maximum absolute atomic E-state index is 6.66. The molecule has 0 aliphatic heterocycles. The van der Waals surface area contributed by atoms with Gasteiger partial charge in [0.05, 0.1) is 0 Å². The van der Waals surface area contributed by atoms with Crippen LogP contribution in [0.1, 0.15) is 44.1 Å². The smallest absolute Gasteiger partial charge is 0.0439 e. The Morgan fingerprint density at radius 3 is 2.68 bits per heavy atom. The first kappa shape index (κ1) is 13.7. The molecule has 2 fully saturated rings. The van der Waals surface area contributed by atoms with E-state index >= 15 is 0 Å². The standard InChI is InChI=1S/C16H21Cl2N/c17-14-5-6-15(18)13(8-14)10-16(19)7-1-2-12(9-16)11-3-4-11/h5-6,8,11-12H,1-4,7,9-10,19H2. The maximum atomic E-state index is 6.66. The third-order valence-corrected chi connectivity index (χ3v) is 5.36. The molecule has 3 heteroatoms. The van der Waals surface area contributed by atoms with Crippen LogP contribution in [0.4, 0.5) is 0 Å². The summed E-state index contributed by atoms with van der Waals surface area (Å²) < 4.78 is 0. The van der Waals surface area contributed by atoms with Crippen molar-refractivity contribution in [1.29, 1.82) is 0 Å². The molecule has 2 aliphatic rings. The summed E-state index contributed by atoms with van der Waals surface area (Å²) in [5.74, 6) is 1.80. The highest BCUT2D eigenvalue weighted by molar-refractivity contribution is 6.33. The Bertz CT molecular complexity index is 470. The molecule has 3 rings (SSSR count). The van der Waals surface area contributed by atoms with E-state index in [9.17, 15) is 0 Å². The number of halogens is 2. The Morgan fingerprint density at radius 1 is 1.16 bits per heavy atom. The van der Waals surface area contributed by atoms with Gasteiger partial charge in [-0.2, -0.15) is 0 Å². The molecular formula is C16H21Cl2N. The predicted octanol–water partition coefficient (Wildman–Crippen LogP) is 4.83. The van der Waals surface area contributed by atoms with Crippen LogP contribution in [0.25, 0.3) is 0 Å². The maximum Gasteiger partial charge on any atom is 0.0439 e. The first-order valence-corrected chi connectivity index (χ1v) is 8.04. The van der Waals surface area contributed by atoms with Gasteiger partial charge in [-0.05, 0) is 67.7 Å². The lowest BCUT2D eigenvalue weighted by molar-refractivity contribution is 0.204. The molecule has 1 aromatic rings. The molecule has 1 aromatic carbocycles. The van der Waals surface area contributed by atoms with Gasteiger partial charge in [0.1, 0.15) is 0 Å². The van der Waals surface area contributed by atoms with Crippen molar-refractivity contribution < 1.29 is 0 Å². The predicted molar refractivity (Wildman–Crippen MR) is 81.8 cm³/mol. The molecule has 2 aliphatic carbocycles. The normalized spacial score (nSPS) is 31.4. The molecule has 1 nitrogen and oxygen atoms in total. The van der Waals surface area contributed by atoms with Gasteiger partial charge in [0.25, 0.3) is 0 Å². The molecule has 2 unspecified atom stereocenters. The van der Waals surface area contributed by atoms with Crippen LogP contribution in [-0.2, 0) is 6.42 Å². The molecule has 2 atom stereocenters. The topological polar surface area (TPSA) is 26.0 Å². The van der Waals surface area contributed by atoms with E-state index in [-0.39, 0.29) is 5.54 Å². The molecule has 0 spiro atoms. The van der Waals surface area contributed by atoms with Crippen molar-refractivity contribution >= 4 is 23.2 Å². The van der Waals surface area contributed by atoms with Crippen LogP contribution in [-0.4, -0.2) is 5.54 Å². The fourth-order valence-corrected chi connectivity index (χ4v) is 4.01. The van der Waals surface area contributed by atoms with Crippen LogP contribution in [0.3, 0.4) is 0 Å². The second kappa shape index (κ2) is 5.27. The second-order valence-electron chi connectivity index (χ2n) is 6.47. The van der Waals surface area contributed by atoms with Crippen molar-refractivity contribution in [1.82, 2.24) is 0 Å². The van der Waals surface area contributed by atoms with Crippen LogP contribution < -0.4 is 5.73 Å². The third-order valence-electron chi connectivity index (χ3n) is 4.76. The average molecular weight is 298 g/mol. The van der Waals surface area contributed by atoms with Gasteiger partial charge in [0.2, 0.25) is 0 Å². The van der Waals surface area contributed by atoms with Gasteiger partial charge in [-0.15, -0.1) is 0 Å². The quantitative estimate of drug-likeness (QED) is 0.849. The highest BCUT2D eigenvalue weighted by Crippen LogP contribution is 2.46. The van der Waals surface area contributed by atoms with E-state index in [1.165, 1.54) is 25.7 Å². The molecule has 0 amide bonds. The third kappa shape index (κ3) is 3.26. The minimum Gasteiger partial charge on any atom is -0.325 e. The lowest BCUT2D eigenvalue weighted by atomic mass is 9.72. The van der Waals surface area contributed by atoms with Crippen LogP contribution in [0.15, 0.2) is 18.2 Å². The summed E-state index contributed by atoms with van der Waals surface area (Å²) in [4.78, 5) is 0. The molecule has 0 heterocycles. The van der Waals surface area contributed by atoms with Crippen molar-refractivity contribution in [3.8, 4) is 0 Å². The first-order valence-electron chi connectivity index (χ1n) is 7.29. The molecule has 0 radical (unpaired) electrons. The zero-order valence-electron chi connectivity index (χ0n) is 11.2. The van der Waals surface area contributed by atoms with Crippen molar-refractivity contribution in [2.24, 2.45) is 17.6 Å². The minimum absolute atomic E-state index is 0.0835. The van der Waals surface area contributed by atoms with Crippen LogP contribution >= 0.6 is 23.2 Å².